The molecule has 2 unspecified atom stereocenters. The van der Waals surface area contributed by atoms with Gasteiger partial charge < -0.3 is 10.1 Å². The van der Waals surface area contributed by atoms with Crippen LogP contribution in [0.4, 0.5) is 0 Å². The topological polar surface area (TPSA) is 38.3 Å². The molecule has 0 spiro atoms. The zero-order chi connectivity index (χ0) is 12.3. The first-order chi connectivity index (χ1) is 8.24. The molecule has 0 aromatic heterocycles. The predicted octanol–water partition coefficient (Wildman–Crippen LogP) is 1.81. The normalized spacial score (nSPS) is 23.9. The van der Waals surface area contributed by atoms with Gasteiger partial charge in [0, 0.05) is 19.2 Å². The standard InChI is InChI=1S/C14H19NO2/c1-3-10-4-6-11(7-5-10)14(16)13-8-12(17-2)9-15-13/h4-7,12-13,15H,3,8-9H2,1-2H3. The first kappa shape index (κ1) is 12.3. The van der Waals surface area contributed by atoms with E-state index in [2.05, 4.69) is 12.2 Å². The van der Waals surface area contributed by atoms with E-state index in [9.17, 15) is 4.79 Å². The Morgan fingerprint density at radius 2 is 2.12 bits per heavy atom. The minimum Gasteiger partial charge on any atom is -0.380 e. The van der Waals surface area contributed by atoms with Gasteiger partial charge in [0.15, 0.2) is 5.78 Å². The number of Topliss-reactive ketones (excluding diaryl/α,β-unsaturated/α-hetero) is 1. The third-order valence-electron chi connectivity index (χ3n) is 3.39. The Morgan fingerprint density at radius 1 is 1.41 bits per heavy atom. The highest BCUT2D eigenvalue weighted by atomic mass is 16.5. The van der Waals surface area contributed by atoms with E-state index in [1.165, 1.54) is 5.56 Å². The Bertz CT molecular complexity index is 386. The summed E-state index contributed by atoms with van der Waals surface area (Å²) >= 11 is 0. The Labute approximate surface area is 102 Å². The Hall–Kier alpha value is -1.19. The van der Waals surface area contributed by atoms with Gasteiger partial charge in [0.2, 0.25) is 0 Å². The largest absolute Gasteiger partial charge is 0.380 e. The molecule has 3 heteroatoms. The number of benzene rings is 1. The van der Waals surface area contributed by atoms with Crippen molar-refractivity contribution in [2.45, 2.75) is 31.9 Å². The minimum atomic E-state index is -0.0903. The highest BCUT2D eigenvalue weighted by Crippen LogP contribution is 2.15. The van der Waals surface area contributed by atoms with Gasteiger partial charge in [-0.15, -0.1) is 0 Å². The van der Waals surface area contributed by atoms with Crippen molar-refractivity contribution in [3.8, 4) is 0 Å². The van der Waals surface area contributed by atoms with Crippen LogP contribution >= 0.6 is 0 Å². The van der Waals surface area contributed by atoms with Gasteiger partial charge >= 0.3 is 0 Å². The van der Waals surface area contributed by atoms with Crippen LogP contribution < -0.4 is 5.32 Å². The van der Waals surface area contributed by atoms with Crippen molar-refractivity contribution < 1.29 is 9.53 Å². The van der Waals surface area contributed by atoms with Gasteiger partial charge in [-0.25, -0.2) is 0 Å². The second kappa shape index (κ2) is 5.43. The molecule has 0 aliphatic carbocycles. The van der Waals surface area contributed by atoms with Crippen molar-refractivity contribution >= 4 is 5.78 Å². The number of carbonyl (C=O) groups is 1. The molecule has 2 rings (SSSR count). The number of hydrogen-bond acceptors (Lipinski definition) is 3. The fourth-order valence-corrected chi connectivity index (χ4v) is 2.19. The molecule has 3 nitrogen and oxygen atoms in total. The van der Waals surface area contributed by atoms with Crippen molar-refractivity contribution in [2.24, 2.45) is 0 Å². The van der Waals surface area contributed by atoms with Gasteiger partial charge in [0.05, 0.1) is 12.1 Å². The summed E-state index contributed by atoms with van der Waals surface area (Å²) < 4.78 is 5.25. The molecule has 2 atom stereocenters. The molecule has 0 amide bonds. The van der Waals surface area contributed by atoms with Crippen LogP contribution in [0.25, 0.3) is 0 Å². The Morgan fingerprint density at radius 3 is 2.65 bits per heavy atom. The molecule has 1 aliphatic heterocycles. The quantitative estimate of drug-likeness (QED) is 0.806. The number of ketones is 1. The fraction of sp³-hybridized carbons (Fsp3) is 0.500. The molecular weight excluding hydrogens is 214 g/mol. The molecule has 1 heterocycles. The van der Waals surface area contributed by atoms with Crippen LogP contribution in [-0.4, -0.2) is 31.6 Å². The van der Waals surface area contributed by atoms with E-state index >= 15 is 0 Å². The average molecular weight is 233 g/mol. The lowest BCUT2D eigenvalue weighted by Crippen LogP contribution is -2.30. The number of methoxy groups -OCH3 is 1. The van der Waals surface area contributed by atoms with E-state index in [4.69, 9.17) is 4.74 Å². The molecule has 1 fully saturated rings. The van der Waals surface area contributed by atoms with E-state index in [-0.39, 0.29) is 17.9 Å². The van der Waals surface area contributed by atoms with Crippen molar-refractivity contribution in [3.63, 3.8) is 0 Å². The van der Waals surface area contributed by atoms with E-state index < -0.39 is 0 Å². The van der Waals surface area contributed by atoms with Gasteiger partial charge in [0.1, 0.15) is 0 Å². The second-order valence-corrected chi connectivity index (χ2v) is 4.47. The van der Waals surface area contributed by atoms with Crippen LogP contribution in [0.3, 0.4) is 0 Å². The SMILES string of the molecule is CCc1ccc(C(=O)C2CC(OC)CN2)cc1. The highest BCUT2D eigenvalue weighted by molar-refractivity contribution is 6.00. The zero-order valence-corrected chi connectivity index (χ0v) is 10.4. The smallest absolute Gasteiger partial charge is 0.179 e. The average Bonchev–Trinajstić information content (AvgIpc) is 2.87. The second-order valence-electron chi connectivity index (χ2n) is 4.47. The summed E-state index contributed by atoms with van der Waals surface area (Å²) in [4.78, 5) is 12.2. The maximum absolute atomic E-state index is 12.2. The van der Waals surface area contributed by atoms with Crippen LogP contribution in [-0.2, 0) is 11.2 Å². The molecule has 1 aromatic carbocycles. The molecule has 1 aliphatic rings. The van der Waals surface area contributed by atoms with Crippen molar-refractivity contribution in [2.75, 3.05) is 13.7 Å². The molecule has 0 radical (unpaired) electrons. The number of aryl methyl sites for hydroxylation is 1. The molecule has 92 valence electrons. The van der Waals surface area contributed by atoms with Gasteiger partial charge in [-0.1, -0.05) is 31.2 Å². The molecule has 0 bridgehead atoms. The van der Waals surface area contributed by atoms with E-state index in [0.717, 1.165) is 24.9 Å². The van der Waals surface area contributed by atoms with Crippen molar-refractivity contribution in [1.82, 2.24) is 5.32 Å². The molecule has 1 aromatic rings. The first-order valence-electron chi connectivity index (χ1n) is 6.14. The number of nitrogens with one attached hydrogen (secondary N) is 1. The molecule has 1 N–H and O–H groups in total. The van der Waals surface area contributed by atoms with E-state index in [1.807, 2.05) is 24.3 Å². The number of hydrogen-bond donors (Lipinski definition) is 1. The van der Waals surface area contributed by atoms with E-state index in [0.29, 0.717) is 0 Å². The lowest BCUT2D eigenvalue weighted by molar-refractivity contribution is 0.0919. The van der Waals surface area contributed by atoms with Gasteiger partial charge in [0.25, 0.3) is 0 Å². The van der Waals surface area contributed by atoms with Gasteiger partial charge in [-0.2, -0.15) is 0 Å². The number of carbonyl (C=O) groups excluding carboxylic acids is 1. The van der Waals surface area contributed by atoms with Crippen molar-refractivity contribution in [3.05, 3.63) is 35.4 Å². The summed E-state index contributed by atoms with van der Waals surface area (Å²) in [5, 5.41) is 3.21. The zero-order valence-electron chi connectivity index (χ0n) is 10.4. The third-order valence-corrected chi connectivity index (χ3v) is 3.39. The van der Waals surface area contributed by atoms with Crippen LogP contribution in [0, 0.1) is 0 Å². The summed E-state index contributed by atoms with van der Waals surface area (Å²) in [6.07, 6.45) is 1.94. The molecule has 0 saturated carbocycles. The lowest BCUT2D eigenvalue weighted by atomic mass is 10.0. The van der Waals surface area contributed by atoms with Crippen LogP contribution in [0.1, 0.15) is 29.3 Å². The minimum absolute atomic E-state index is 0.0903. The number of ether oxygens (including phenoxy) is 1. The Balaban J connectivity index is 2.04. The molecule has 17 heavy (non-hydrogen) atoms. The van der Waals surface area contributed by atoms with Crippen LogP contribution in [0.5, 0.6) is 0 Å². The molecule has 1 saturated heterocycles. The monoisotopic (exact) mass is 233 g/mol. The maximum Gasteiger partial charge on any atom is 0.179 e. The fourth-order valence-electron chi connectivity index (χ4n) is 2.19. The highest BCUT2D eigenvalue weighted by Gasteiger charge is 2.29. The summed E-state index contributed by atoms with van der Waals surface area (Å²) in [6.45, 7) is 2.87. The Kier molecular flexibility index (Phi) is 3.92. The lowest BCUT2D eigenvalue weighted by Gasteiger charge is -2.09. The summed E-state index contributed by atoms with van der Waals surface area (Å²) in [6, 6.07) is 7.80. The first-order valence-corrected chi connectivity index (χ1v) is 6.14. The van der Waals surface area contributed by atoms with Crippen LogP contribution in [0.2, 0.25) is 0 Å². The summed E-state index contributed by atoms with van der Waals surface area (Å²) in [5.41, 5.74) is 2.05. The van der Waals surface area contributed by atoms with Crippen LogP contribution in [0.15, 0.2) is 24.3 Å². The number of rotatable bonds is 4. The van der Waals surface area contributed by atoms with Crippen molar-refractivity contribution in [1.29, 1.82) is 0 Å². The third kappa shape index (κ3) is 2.73. The van der Waals surface area contributed by atoms with Gasteiger partial charge in [-0.05, 0) is 18.4 Å². The summed E-state index contributed by atoms with van der Waals surface area (Å²) in [7, 11) is 1.69. The maximum atomic E-state index is 12.2. The summed E-state index contributed by atoms with van der Waals surface area (Å²) in [5.74, 6) is 0.173. The molecular formula is C14H19NO2. The predicted molar refractivity (Wildman–Crippen MR) is 67.4 cm³/mol. The van der Waals surface area contributed by atoms with E-state index in [1.54, 1.807) is 7.11 Å². The van der Waals surface area contributed by atoms with Gasteiger partial charge in [-0.3, -0.25) is 4.79 Å².